The molecule has 6 heteroatoms. The van der Waals surface area contributed by atoms with Crippen LogP contribution < -0.4 is 5.56 Å². The van der Waals surface area contributed by atoms with Crippen molar-refractivity contribution in [1.29, 1.82) is 0 Å². The summed E-state index contributed by atoms with van der Waals surface area (Å²) in [5.74, 6) is -0.788. The number of hydrogen-bond donors (Lipinski definition) is 1. The molecule has 3 nitrogen and oxygen atoms in total. The highest BCUT2D eigenvalue weighted by Gasteiger charge is 2.15. The number of halogens is 2. The summed E-state index contributed by atoms with van der Waals surface area (Å²) in [5, 5.41) is 0.230. The molecule has 0 aliphatic rings. The molecule has 0 bridgehead atoms. The standard InChI is InChI=1S/C16H12F2N2OS/c1-9(22-14-7-6-10(17)8-12(14)18)15-19-13-5-3-2-4-11(13)16(21)20-15/h2-9H,1H3,(H,19,20,21)/t9-/m0/s1. The maximum absolute atomic E-state index is 13.7. The van der Waals surface area contributed by atoms with Gasteiger partial charge in [0.25, 0.3) is 5.56 Å². The van der Waals surface area contributed by atoms with Gasteiger partial charge in [-0.15, -0.1) is 11.8 Å². The SMILES string of the molecule is C[C@H](Sc1ccc(F)cc1F)c1nc2ccccc2c(=O)[nH]1. The van der Waals surface area contributed by atoms with E-state index in [4.69, 9.17) is 0 Å². The normalized spacial score (nSPS) is 12.5. The van der Waals surface area contributed by atoms with Gasteiger partial charge in [0.05, 0.1) is 16.2 Å². The van der Waals surface area contributed by atoms with Gasteiger partial charge in [-0.1, -0.05) is 12.1 Å². The second-order valence-corrected chi connectivity index (χ2v) is 6.19. The fourth-order valence-corrected chi connectivity index (χ4v) is 3.04. The zero-order valence-electron chi connectivity index (χ0n) is 11.6. The van der Waals surface area contributed by atoms with Crippen LogP contribution in [0, 0.1) is 11.6 Å². The molecule has 1 N–H and O–H groups in total. The van der Waals surface area contributed by atoms with Crippen LogP contribution in [0.15, 0.2) is 52.2 Å². The molecule has 0 saturated heterocycles. The van der Waals surface area contributed by atoms with Crippen LogP contribution in [0.1, 0.15) is 18.0 Å². The molecule has 0 radical (unpaired) electrons. The lowest BCUT2D eigenvalue weighted by molar-refractivity contribution is 0.565. The van der Waals surface area contributed by atoms with E-state index >= 15 is 0 Å². The molecular formula is C16H12F2N2OS. The Balaban J connectivity index is 1.95. The maximum atomic E-state index is 13.7. The number of aromatic amines is 1. The quantitative estimate of drug-likeness (QED) is 0.741. The maximum Gasteiger partial charge on any atom is 0.258 e. The van der Waals surface area contributed by atoms with E-state index in [0.717, 1.165) is 6.07 Å². The van der Waals surface area contributed by atoms with E-state index in [9.17, 15) is 13.6 Å². The number of para-hydroxylation sites is 1. The van der Waals surface area contributed by atoms with Crippen LogP contribution in [0.25, 0.3) is 10.9 Å². The highest BCUT2D eigenvalue weighted by atomic mass is 32.2. The number of aromatic nitrogens is 2. The lowest BCUT2D eigenvalue weighted by Crippen LogP contribution is -2.12. The molecule has 1 heterocycles. The van der Waals surface area contributed by atoms with Gasteiger partial charge in [-0.3, -0.25) is 4.79 Å². The van der Waals surface area contributed by atoms with E-state index in [1.54, 1.807) is 31.2 Å². The molecule has 22 heavy (non-hydrogen) atoms. The average molecular weight is 318 g/mol. The lowest BCUT2D eigenvalue weighted by atomic mass is 10.2. The number of rotatable bonds is 3. The Bertz CT molecular complexity index is 895. The molecule has 0 spiro atoms. The minimum absolute atomic E-state index is 0.229. The molecule has 3 rings (SSSR count). The summed E-state index contributed by atoms with van der Waals surface area (Å²) in [6.45, 7) is 1.81. The van der Waals surface area contributed by atoms with Crippen LogP contribution in [0.5, 0.6) is 0 Å². The highest BCUT2D eigenvalue weighted by molar-refractivity contribution is 7.99. The first-order valence-electron chi connectivity index (χ1n) is 6.65. The van der Waals surface area contributed by atoms with Gasteiger partial charge in [0.15, 0.2) is 0 Å². The first kappa shape index (κ1) is 14.7. The molecule has 2 aromatic carbocycles. The van der Waals surface area contributed by atoms with Crippen molar-refractivity contribution in [3.63, 3.8) is 0 Å². The Labute approximate surface area is 129 Å². The second-order valence-electron chi connectivity index (χ2n) is 4.80. The molecule has 0 amide bonds. The number of nitrogens with zero attached hydrogens (tertiary/aromatic N) is 1. The molecule has 0 aliphatic heterocycles. The van der Waals surface area contributed by atoms with E-state index in [2.05, 4.69) is 9.97 Å². The first-order valence-corrected chi connectivity index (χ1v) is 7.53. The molecule has 3 aromatic rings. The number of thioether (sulfide) groups is 1. The van der Waals surface area contributed by atoms with E-state index in [-0.39, 0.29) is 10.8 Å². The van der Waals surface area contributed by atoms with Crippen LogP contribution in [0.2, 0.25) is 0 Å². The third-order valence-corrected chi connectivity index (χ3v) is 4.38. The summed E-state index contributed by atoms with van der Waals surface area (Å²) < 4.78 is 26.6. The Kier molecular flexibility index (Phi) is 3.94. The number of H-pyrrole nitrogens is 1. The minimum Gasteiger partial charge on any atom is -0.309 e. The zero-order valence-corrected chi connectivity index (χ0v) is 12.5. The van der Waals surface area contributed by atoms with Crippen LogP contribution in [0.3, 0.4) is 0 Å². The van der Waals surface area contributed by atoms with E-state index < -0.39 is 11.6 Å². The Hall–Kier alpha value is -2.21. The van der Waals surface area contributed by atoms with Gasteiger partial charge in [0.1, 0.15) is 17.5 Å². The van der Waals surface area contributed by atoms with Crippen molar-refractivity contribution < 1.29 is 8.78 Å². The van der Waals surface area contributed by atoms with Crippen molar-refractivity contribution in [2.24, 2.45) is 0 Å². The van der Waals surface area contributed by atoms with Gasteiger partial charge < -0.3 is 4.98 Å². The highest BCUT2D eigenvalue weighted by Crippen LogP contribution is 2.34. The Morgan fingerprint density at radius 2 is 1.95 bits per heavy atom. The van der Waals surface area contributed by atoms with E-state index in [0.29, 0.717) is 21.6 Å². The van der Waals surface area contributed by atoms with Gasteiger partial charge in [-0.2, -0.15) is 0 Å². The summed E-state index contributed by atoms with van der Waals surface area (Å²) in [6.07, 6.45) is 0. The summed E-state index contributed by atoms with van der Waals surface area (Å²) in [5.41, 5.74) is 0.362. The third kappa shape index (κ3) is 2.87. The first-order chi connectivity index (χ1) is 10.5. The van der Waals surface area contributed by atoms with Gasteiger partial charge >= 0.3 is 0 Å². The summed E-state index contributed by atoms with van der Waals surface area (Å²) in [6, 6.07) is 10.4. The monoisotopic (exact) mass is 318 g/mol. The van der Waals surface area contributed by atoms with Crippen LogP contribution in [0.4, 0.5) is 8.78 Å². The van der Waals surface area contributed by atoms with E-state index in [1.165, 1.54) is 23.9 Å². The van der Waals surface area contributed by atoms with Gasteiger partial charge in [-0.05, 0) is 31.2 Å². The summed E-state index contributed by atoms with van der Waals surface area (Å²) >= 11 is 1.17. The molecule has 0 unspecified atom stereocenters. The van der Waals surface area contributed by atoms with Gasteiger partial charge in [0.2, 0.25) is 0 Å². The molecule has 0 fully saturated rings. The molecule has 0 aliphatic carbocycles. The third-order valence-electron chi connectivity index (χ3n) is 3.21. The largest absolute Gasteiger partial charge is 0.309 e. The van der Waals surface area contributed by atoms with Crippen molar-refractivity contribution in [3.05, 3.63) is 70.3 Å². The van der Waals surface area contributed by atoms with Crippen LogP contribution in [-0.2, 0) is 0 Å². The predicted molar refractivity (Wildman–Crippen MR) is 83.0 cm³/mol. The topological polar surface area (TPSA) is 45.8 Å². The van der Waals surface area contributed by atoms with Crippen molar-refractivity contribution in [3.8, 4) is 0 Å². The molecule has 1 atom stereocenters. The lowest BCUT2D eigenvalue weighted by Gasteiger charge is -2.11. The molecule has 1 aromatic heterocycles. The Morgan fingerprint density at radius 3 is 2.73 bits per heavy atom. The van der Waals surface area contributed by atoms with Crippen molar-refractivity contribution in [2.45, 2.75) is 17.1 Å². The smallest absolute Gasteiger partial charge is 0.258 e. The summed E-state index contributed by atoms with van der Waals surface area (Å²) in [7, 11) is 0. The number of benzene rings is 2. The second kappa shape index (κ2) is 5.88. The van der Waals surface area contributed by atoms with E-state index in [1.807, 2.05) is 0 Å². The summed E-state index contributed by atoms with van der Waals surface area (Å²) in [4.78, 5) is 19.5. The van der Waals surface area contributed by atoms with Crippen molar-refractivity contribution >= 4 is 22.7 Å². The van der Waals surface area contributed by atoms with Crippen LogP contribution >= 0.6 is 11.8 Å². The van der Waals surface area contributed by atoms with Crippen molar-refractivity contribution in [2.75, 3.05) is 0 Å². The fraction of sp³-hybridized carbons (Fsp3) is 0.125. The van der Waals surface area contributed by atoms with Crippen LogP contribution in [-0.4, -0.2) is 9.97 Å². The molecular weight excluding hydrogens is 306 g/mol. The number of hydrogen-bond acceptors (Lipinski definition) is 3. The van der Waals surface area contributed by atoms with Gasteiger partial charge in [-0.25, -0.2) is 13.8 Å². The molecule has 0 saturated carbocycles. The minimum atomic E-state index is -0.625. The zero-order chi connectivity index (χ0) is 15.7. The van der Waals surface area contributed by atoms with Crippen molar-refractivity contribution in [1.82, 2.24) is 9.97 Å². The fourth-order valence-electron chi connectivity index (χ4n) is 2.11. The average Bonchev–Trinajstić information content (AvgIpc) is 2.50. The number of fused-ring (bicyclic) bond motifs is 1. The Morgan fingerprint density at radius 1 is 1.18 bits per heavy atom. The molecule has 112 valence electrons. The predicted octanol–water partition coefficient (Wildman–Crippen LogP) is 4.05. The number of nitrogens with one attached hydrogen (secondary N) is 1. The van der Waals surface area contributed by atoms with Gasteiger partial charge in [0, 0.05) is 11.0 Å².